The lowest BCUT2D eigenvalue weighted by Gasteiger charge is -2.38. The maximum Gasteiger partial charge on any atom is 0.410 e. The Morgan fingerprint density at radius 3 is 2.68 bits per heavy atom. The Hall–Kier alpha value is -0.810. The molecule has 0 bridgehead atoms. The van der Waals surface area contributed by atoms with Crippen molar-refractivity contribution in [3.8, 4) is 0 Å². The van der Waals surface area contributed by atoms with E-state index in [1.165, 1.54) is 19.3 Å². The van der Waals surface area contributed by atoms with Crippen molar-refractivity contribution in [2.45, 2.75) is 89.4 Å². The van der Waals surface area contributed by atoms with Gasteiger partial charge in [0.15, 0.2) is 0 Å². The monoisotopic (exact) mass is 311 g/mol. The van der Waals surface area contributed by atoms with Crippen LogP contribution in [0.3, 0.4) is 0 Å². The first-order valence-corrected chi connectivity index (χ1v) is 8.84. The van der Waals surface area contributed by atoms with E-state index in [0.29, 0.717) is 12.1 Å². The molecule has 3 N–H and O–H groups in total. The third-order valence-corrected chi connectivity index (χ3v) is 4.61. The number of rotatable bonds is 3. The summed E-state index contributed by atoms with van der Waals surface area (Å²) in [5.41, 5.74) is 5.63. The van der Waals surface area contributed by atoms with Crippen LogP contribution in [0.1, 0.15) is 65.7 Å². The number of hydrogen-bond acceptors (Lipinski definition) is 4. The molecule has 3 atom stereocenters. The molecular formula is C17H33N3O2. The van der Waals surface area contributed by atoms with Crippen molar-refractivity contribution in [1.82, 2.24) is 10.2 Å². The average Bonchev–Trinajstić information content (AvgIpc) is 2.44. The number of piperidine rings is 1. The van der Waals surface area contributed by atoms with E-state index in [0.717, 1.165) is 38.8 Å². The molecule has 128 valence electrons. The van der Waals surface area contributed by atoms with Crippen molar-refractivity contribution in [2.75, 3.05) is 13.1 Å². The van der Waals surface area contributed by atoms with Gasteiger partial charge in [-0.3, -0.25) is 0 Å². The summed E-state index contributed by atoms with van der Waals surface area (Å²) in [5.74, 6) is 0. The third kappa shape index (κ3) is 5.43. The van der Waals surface area contributed by atoms with Gasteiger partial charge in [0.2, 0.25) is 0 Å². The first kappa shape index (κ1) is 17.5. The first-order chi connectivity index (χ1) is 10.3. The number of amides is 1. The fraction of sp³-hybridized carbons (Fsp3) is 0.941. The summed E-state index contributed by atoms with van der Waals surface area (Å²) in [6.07, 6.45) is 7.77. The zero-order chi connectivity index (χ0) is 16.2. The molecule has 5 heteroatoms. The van der Waals surface area contributed by atoms with Crippen LogP contribution in [-0.4, -0.2) is 47.8 Å². The normalized spacial score (nSPS) is 30.2. The highest BCUT2D eigenvalue weighted by molar-refractivity contribution is 5.68. The van der Waals surface area contributed by atoms with E-state index >= 15 is 0 Å². The molecule has 2 rings (SSSR count). The van der Waals surface area contributed by atoms with Gasteiger partial charge in [-0.15, -0.1) is 0 Å². The Labute approximate surface area is 134 Å². The molecule has 2 fully saturated rings. The van der Waals surface area contributed by atoms with Crippen molar-refractivity contribution in [2.24, 2.45) is 5.73 Å². The molecule has 22 heavy (non-hydrogen) atoms. The molecule has 1 saturated carbocycles. The number of carbonyl (C=O) groups is 1. The van der Waals surface area contributed by atoms with Crippen LogP contribution in [0, 0.1) is 0 Å². The smallest absolute Gasteiger partial charge is 0.410 e. The summed E-state index contributed by atoms with van der Waals surface area (Å²) in [6.45, 7) is 7.44. The Morgan fingerprint density at radius 2 is 2.00 bits per heavy atom. The number of carbonyl (C=O) groups excluding carboxylic acids is 1. The average molecular weight is 311 g/mol. The Balaban J connectivity index is 1.85. The van der Waals surface area contributed by atoms with Crippen LogP contribution in [0.25, 0.3) is 0 Å². The van der Waals surface area contributed by atoms with E-state index in [1.807, 2.05) is 25.7 Å². The van der Waals surface area contributed by atoms with E-state index in [4.69, 9.17) is 10.5 Å². The Bertz CT molecular complexity index is 367. The van der Waals surface area contributed by atoms with Crippen LogP contribution >= 0.6 is 0 Å². The standard InChI is InChI=1S/C17H33N3O2/c1-17(2,3)22-16(21)20-10-5-4-9-15(20)12-19-14-8-6-7-13(18)11-14/h13-15,19H,4-12,18H2,1-3H3. The molecule has 0 aromatic carbocycles. The molecule has 1 amide bonds. The number of hydrogen-bond donors (Lipinski definition) is 2. The molecule has 1 saturated heterocycles. The van der Waals surface area contributed by atoms with E-state index in [9.17, 15) is 4.79 Å². The zero-order valence-electron chi connectivity index (χ0n) is 14.4. The summed E-state index contributed by atoms with van der Waals surface area (Å²) in [5, 5.41) is 3.64. The highest BCUT2D eigenvalue weighted by Gasteiger charge is 2.31. The zero-order valence-corrected chi connectivity index (χ0v) is 14.4. The molecule has 0 aromatic heterocycles. The molecule has 5 nitrogen and oxygen atoms in total. The quantitative estimate of drug-likeness (QED) is 0.841. The fourth-order valence-electron chi connectivity index (χ4n) is 3.49. The summed E-state index contributed by atoms with van der Waals surface area (Å²) in [7, 11) is 0. The maximum absolute atomic E-state index is 12.4. The summed E-state index contributed by atoms with van der Waals surface area (Å²) < 4.78 is 5.56. The number of nitrogens with one attached hydrogen (secondary N) is 1. The predicted molar refractivity (Wildman–Crippen MR) is 88.8 cm³/mol. The van der Waals surface area contributed by atoms with Gasteiger partial charge in [-0.25, -0.2) is 4.79 Å². The second-order valence-electron chi connectivity index (χ2n) is 7.86. The Morgan fingerprint density at radius 1 is 1.23 bits per heavy atom. The lowest BCUT2D eigenvalue weighted by molar-refractivity contribution is 0.00948. The van der Waals surface area contributed by atoms with Gasteiger partial charge in [0, 0.05) is 31.2 Å². The topological polar surface area (TPSA) is 67.6 Å². The molecule has 3 unspecified atom stereocenters. The van der Waals surface area contributed by atoms with Crippen molar-refractivity contribution in [3.05, 3.63) is 0 Å². The van der Waals surface area contributed by atoms with E-state index in [2.05, 4.69) is 5.32 Å². The van der Waals surface area contributed by atoms with Gasteiger partial charge in [0.05, 0.1) is 0 Å². The largest absolute Gasteiger partial charge is 0.444 e. The van der Waals surface area contributed by atoms with Gasteiger partial charge in [0.25, 0.3) is 0 Å². The van der Waals surface area contributed by atoms with Gasteiger partial charge in [-0.2, -0.15) is 0 Å². The van der Waals surface area contributed by atoms with Crippen molar-refractivity contribution in [1.29, 1.82) is 0 Å². The van der Waals surface area contributed by atoms with Crippen LogP contribution in [0.5, 0.6) is 0 Å². The number of ether oxygens (including phenoxy) is 1. The van der Waals surface area contributed by atoms with Crippen molar-refractivity contribution >= 4 is 6.09 Å². The van der Waals surface area contributed by atoms with Crippen molar-refractivity contribution < 1.29 is 9.53 Å². The lowest BCUT2D eigenvalue weighted by Crippen LogP contribution is -2.52. The molecule has 0 spiro atoms. The molecule has 1 aliphatic heterocycles. The first-order valence-electron chi connectivity index (χ1n) is 8.84. The highest BCUT2D eigenvalue weighted by atomic mass is 16.6. The molecular weight excluding hydrogens is 278 g/mol. The van der Waals surface area contributed by atoms with Gasteiger partial charge in [0.1, 0.15) is 5.60 Å². The number of likely N-dealkylation sites (tertiary alicyclic amines) is 1. The minimum absolute atomic E-state index is 0.167. The minimum atomic E-state index is -0.428. The van der Waals surface area contributed by atoms with Crippen molar-refractivity contribution in [3.63, 3.8) is 0 Å². The molecule has 1 aliphatic carbocycles. The van der Waals surface area contributed by atoms with Gasteiger partial charge < -0.3 is 20.7 Å². The van der Waals surface area contributed by atoms with Gasteiger partial charge in [-0.05, 0) is 59.3 Å². The minimum Gasteiger partial charge on any atom is -0.444 e. The summed E-state index contributed by atoms with van der Waals surface area (Å²) in [6, 6.07) is 1.09. The second-order valence-corrected chi connectivity index (χ2v) is 7.86. The number of nitrogens with zero attached hydrogens (tertiary/aromatic N) is 1. The molecule has 0 aromatic rings. The third-order valence-electron chi connectivity index (χ3n) is 4.61. The van der Waals surface area contributed by atoms with Crippen LogP contribution in [0.4, 0.5) is 4.79 Å². The Kier molecular flexibility index (Phi) is 6.09. The highest BCUT2D eigenvalue weighted by Crippen LogP contribution is 2.21. The van der Waals surface area contributed by atoms with Crippen LogP contribution < -0.4 is 11.1 Å². The molecule has 1 heterocycles. The van der Waals surface area contributed by atoms with Gasteiger partial charge >= 0.3 is 6.09 Å². The SMILES string of the molecule is CC(C)(C)OC(=O)N1CCCCC1CNC1CCCC(N)C1. The van der Waals surface area contributed by atoms with E-state index < -0.39 is 5.60 Å². The summed E-state index contributed by atoms with van der Waals surface area (Å²) in [4.78, 5) is 14.3. The predicted octanol–water partition coefficient (Wildman–Crippen LogP) is 2.64. The van der Waals surface area contributed by atoms with Crippen LogP contribution in [-0.2, 0) is 4.74 Å². The molecule has 0 radical (unpaired) electrons. The second kappa shape index (κ2) is 7.64. The van der Waals surface area contributed by atoms with Crippen LogP contribution in [0.2, 0.25) is 0 Å². The molecule has 2 aliphatic rings. The van der Waals surface area contributed by atoms with Crippen LogP contribution in [0.15, 0.2) is 0 Å². The van der Waals surface area contributed by atoms with Gasteiger partial charge in [-0.1, -0.05) is 6.42 Å². The maximum atomic E-state index is 12.4. The fourth-order valence-corrected chi connectivity index (χ4v) is 3.49. The van der Waals surface area contributed by atoms with E-state index in [1.54, 1.807) is 0 Å². The van der Waals surface area contributed by atoms with E-state index in [-0.39, 0.29) is 12.1 Å². The number of nitrogens with two attached hydrogens (primary N) is 1. The lowest BCUT2D eigenvalue weighted by atomic mass is 9.91. The summed E-state index contributed by atoms with van der Waals surface area (Å²) >= 11 is 0.